The van der Waals surface area contributed by atoms with Crippen LogP contribution in [0.3, 0.4) is 0 Å². The van der Waals surface area contributed by atoms with E-state index in [2.05, 4.69) is 25.2 Å². The summed E-state index contributed by atoms with van der Waals surface area (Å²) in [6.07, 6.45) is 10.5. The summed E-state index contributed by atoms with van der Waals surface area (Å²) in [6, 6.07) is 11.9. The lowest BCUT2D eigenvalue weighted by Crippen LogP contribution is -2.48. The molecular weight excluding hydrogens is 426 g/mol. The Labute approximate surface area is 186 Å². The molecule has 0 saturated carbocycles. The molecule has 1 saturated heterocycles. The summed E-state index contributed by atoms with van der Waals surface area (Å²) in [5.41, 5.74) is 4.01. The number of pyridine rings is 3. The molecule has 32 heavy (non-hydrogen) atoms. The van der Waals surface area contributed by atoms with Crippen molar-refractivity contribution in [2.75, 3.05) is 42.7 Å². The number of fused-ring (bicyclic) bond motifs is 1. The Hall–Kier alpha value is -3.50. The summed E-state index contributed by atoms with van der Waals surface area (Å²) in [4.78, 5) is 15.3. The van der Waals surface area contributed by atoms with Gasteiger partial charge in [0.2, 0.25) is 10.0 Å². The molecule has 1 aliphatic heterocycles. The largest absolute Gasteiger partial charge is 0.369 e. The van der Waals surface area contributed by atoms with Gasteiger partial charge >= 0.3 is 0 Å². The van der Waals surface area contributed by atoms with Crippen molar-refractivity contribution in [3.63, 3.8) is 0 Å². The fraction of sp³-hybridized carbons (Fsp3) is 0.227. The van der Waals surface area contributed by atoms with Gasteiger partial charge < -0.3 is 14.6 Å². The molecule has 0 unspecified atom stereocenters. The van der Waals surface area contributed by atoms with Gasteiger partial charge in [-0.05, 0) is 41.5 Å². The molecule has 4 aromatic rings. The monoisotopic (exact) mass is 449 g/mol. The Kier molecular flexibility index (Phi) is 5.24. The first-order chi connectivity index (χ1) is 15.5. The average Bonchev–Trinajstić information content (AvgIpc) is 3.21. The lowest BCUT2D eigenvalue weighted by atomic mass is 10.1. The number of nitrogens with one attached hydrogen (secondary N) is 1. The molecule has 1 N–H and O–H groups in total. The predicted molar refractivity (Wildman–Crippen MR) is 125 cm³/mol. The third-order valence-corrected chi connectivity index (χ3v) is 6.84. The highest BCUT2D eigenvalue weighted by Crippen LogP contribution is 2.24. The molecular formula is C22H23N7O2S. The minimum absolute atomic E-state index is 0.482. The van der Waals surface area contributed by atoms with Gasteiger partial charge in [-0.3, -0.25) is 4.98 Å². The molecule has 0 aromatic carbocycles. The zero-order chi connectivity index (χ0) is 22.1. The van der Waals surface area contributed by atoms with Crippen LogP contribution in [0.4, 0.5) is 17.3 Å². The second-order valence-corrected chi connectivity index (χ2v) is 9.70. The number of hydrogen-bond donors (Lipinski definition) is 1. The highest BCUT2D eigenvalue weighted by Gasteiger charge is 2.23. The summed E-state index contributed by atoms with van der Waals surface area (Å²) in [5.74, 6) is 1.38. The number of piperazine rings is 1. The van der Waals surface area contributed by atoms with Gasteiger partial charge in [-0.25, -0.2) is 18.4 Å². The molecule has 9 nitrogen and oxygen atoms in total. The Morgan fingerprint density at radius 2 is 1.66 bits per heavy atom. The first-order valence-electron chi connectivity index (χ1n) is 10.3. The van der Waals surface area contributed by atoms with Gasteiger partial charge in [-0.15, -0.1) is 0 Å². The molecule has 0 atom stereocenters. The molecule has 0 bridgehead atoms. The highest BCUT2D eigenvalue weighted by atomic mass is 32.2. The molecule has 1 fully saturated rings. The number of sulfonamides is 1. The second-order valence-electron chi connectivity index (χ2n) is 7.72. The summed E-state index contributed by atoms with van der Waals surface area (Å²) in [7, 11) is -3.15. The molecule has 5 heterocycles. The van der Waals surface area contributed by atoms with Crippen LogP contribution in [-0.4, -0.2) is 64.5 Å². The molecule has 1 aliphatic rings. The average molecular weight is 450 g/mol. The molecule has 0 spiro atoms. The quantitative estimate of drug-likeness (QED) is 0.500. The van der Waals surface area contributed by atoms with Crippen LogP contribution in [0.2, 0.25) is 0 Å². The van der Waals surface area contributed by atoms with E-state index in [0.717, 1.165) is 22.5 Å². The minimum Gasteiger partial charge on any atom is -0.369 e. The third kappa shape index (κ3) is 4.27. The number of hydrogen-bond acceptors (Lipinski definition) is 7. The normalized spacial score (nSPS) is 15.2. The van der Waals surface area contributed by atoms with Gasteiger partial charge in [0.15, 0.2) is 5.82 Å². The summed E-state index contributed by atoms with van der Waals surface area (Å²) in [5, 5.41) is 3.28. The molecule has 0 radical (unpaired) electrons. The molecule has 4 aromatic heterocycles. The van der Waals surface area contributed by atoms with Gasteiger partial charge in [-0.1, -0.05) is 0 Å². The van der Waals surface area contributed by atoms with Crippen LogP contribution in [0.1, 0.15) is 0 Å². The third-order valence-electron chi connectivity index (χ3n) is 5.54. The predicted octanol–water partition coefficient (Wildman–Crippen LogP) is 2.62. The van der Waals surface area contributed by atoms with Crippen molar-refractivity contribution in [1.82, 2.24) is 23.7 Å². The number of imidazole rings is 1. The van der Waals surface area contributed by atoms with Crippen LogP contribution in [0, 0.1) is 0 Å². The number of rotatable bonds is 5. The van der Waals surface area contributed by atoms with Crippen molar-refractivity contribution >= 4 is 33.0 Å². The van der Waals surface area contributed by atoms with E-state index in [4.69, 9.17) is 0 Å². The zero-order valence-corrected chi connectivity index (χ0v) is 18.4. The van der Waals surface area contributed by atoms with E-state index in [9.17, 15) is 8.42 Å². The maximum Gasteiger partial charge on any atom is 0.211 e. The molecule has 164 valence electrons. The van der Waals surface area contributed by atoms with Crippen molar-refractivity contribution in [2.45, 2.75) is 0 Å². The summed E-state index contributed by atoms with van der Waals surface area (Å²) < 4.78 is 27.0. The summed E-state index contributed by atoms with van der Waals surface area (Å²) >= 11 is 0. The van der Waals surface area contributed by atoms with Crippen molar-refractivity contribution in [2.24, 2.45) is 0 Å². The molecule has 0 amide bonds. The van der Waals surface area contributed by atoms with Crippen LogP contribution in [0.25, 0.3) is 16.8 Å². The van der Waals surface area contributed by atoms with Gasteiger partial charge in [0, 0.05) is 62.7 Å². The first-order valence-corrected chi connectivity index (χ1v) is 12.1. The Bertz CT molecular complexity index is 1350. The summed E-state index contributed by atoms with van der Waals surface area (Å²) in [6.45, 7) is 2.25. The highest BCUT2D eigenvalue weighted by molar-refractivity contribution is 7.88. The van der Waals surface area contributed by atoms with E-state index in [1.807, 2.05) is 53.2 Å². The van der Waals surface area contributed by atoms with Crippen LogP contribution >= 0.6 is 0 Å². The first kappa shape index (κ1) is 20.4. The van der Waals surface area contributed by atoms with E-state index >= 15 is 0 Å². The fourth-order valence-corrected chi connectivity index (χ4v) is 4.69. The Morgan fingerprint density at radius 3 is 2.41 bits per heavy atom. The maximum absolute atomic E-state index is 11.7. The number of anilines is 3. The van der Waals surface area contributed by atoms with Gasteiger partial charge in [0.25, 0.3) is 0 Å². The van der Waals surface area contributed by atoms with Crippen LogP contribution in [0.15, 0.2) is 67.4 Å². The standard InChI is InChI=1S/C22H23N7O2S/c1-32(30,31)29-12-10-27(11-13-29)19-6-9-24-20(14-19)25-21-16-28-15-18(2-3-22(28)26-21)17-4-7-23-8-5-17/h2-9,14-16H,10-13H2,1H3,(H,24,25). The van der Waals surface area contributed by atoms with Crippen LogP contribution < -0.4 is 10.2 Å². The van der Waals surface area contributed by atoms with Crippen molar-refractivity contribution in [1.29, 1.82) is 0 Å². The van der Waals surface area contributed by atoms with E-state index in [0.29, 0.717) is 37.8 Å². The number of aromatic nitrogens is 4. The Balaban J connectivity index is 1.32. The minimum atomic E-state index is -3.15. The van der Waals surface area contributed by atoms with Gasteiger partial charge in [-0.2, -0.15) is 4.31 Å². The van der Waals surface area contributed by atoms with Gasteiger partial charge in [0.1, 0.15) is 11.5 Å². The lowest BCUT2D eigenvalue weighted by Gasteiger charge is -2.34. The molecule has 0 aliphatic carbocycles. The molecule has 5 rings (SSSR count). The lowest BCUT2D eigenvalue weighted by molar-refractivity contribution is 0.388. The van der Waals surface area contributed by atoms with Crippen LogP contribution in [0.5, 0.6) is 0 Å². The van der Waals surface area contributed by atoms with E-state index in [1.165, 1.54) is 10.6 Å². The maximum atomic E-state index is 11.7. The van der Waals surface area contributed by atoms with E-state index in [-0.39, 0.29) is 0 Å². The fourth-order valence-electron chi connectivity index (χ4n) is 3.86. The Morgan fingerprint density at radius 1 is 0.875 bits per heavy atom. The second kappa shape index (κ2) is 8.21. The van der Waals surface area contributed by atoms with E-state index in [1.54, 1.807) is 18.6 Å². The molecule has 10 heteroatoms. The SMILES string of the molecule is CS(=O)(=O)N1CCN(c2ccnc(Nc3cn4cc(-c5ccncc5)ccc4n3)c2)CC1. The van der Waals surface area contributed by atoms with Crippen molar-refractivity contribution in [3.05, 3.63) is 67.4 Å². The van der Waals surface area contributed by atoms with Crippen LogP contribution in [-0.2, 0) is 10.0 Å². The zero-order valence-electron chi connectivity index (χ0n) is 17.6. The van der Waals surface area contributed by atoms with Crippen molar-refractivity contribution in [3.8, 4) is 11.1 Å². The van der Waals surface area contributed by atoms with Gasteiger partial charge in [0.05, 0.1) is 12.5 Å². The number of nitrogens with zero attached hydrogens (tertiary/aromatic N) is 6. The smallest absolute Gasteiger partial charge is 0.211 e. The van der Waals surface area contributed by atoms with E-state index < -0.39 is 10.0 Å². The topological polar surface area (TPSA) is 95.7 Å². The van der Waals surface area contributed by atoms with Crippen molar-refractivity contribution < 1.29 is 8.42 Å².